The molecule has 4 nitrogen and oxygen atoms in total. The molecule has 2 amide bonds. The highest BCUT2D eigenvalue weighted by molar-refractivity contribution is 6.06. The van der Waals surface area contributed by atoms with Crippen molar-refractivity contribution in [2.24, 2.45) is 17.8 Å². The summed E-state index contributed by atoms with van der Waals surface area (Å²) in [5, 5.41) is 0. The second-order valence-electron chi connectivity index (χ2n) is 9.65. The molecule has 4 heteroatoms. The zero-order chi connectivity index (χ0) is 23.3. The number of amides is 2. The minimum atomic E-state index is -0.673. The third kappa shape index (κ3) is 2.95. The maximum atomic E-state index is 13.6. The van der Waals surface area contributed by atoms with E-state index in [9.17, 15) is 9.59 Å². The van der Waals surface area contributed by atoms with Crippen molar-refractivity contribution in [3.05, 3.63) is 120 Å². The summed E-state index contributed by atoms with van der Waals surface area (Å²) < 4.78 is 0. The second kappa shape index (κ2) is 8.07. The summed E-state index contributed by atoms with van der Waals surface area (Å²) in [6.45, 7) is 0.785. The predicted molar refractivity (Wildman–Crippen MR) is 132 cm³/mol. The Morgan fingerprint density at radius 2 is 1.41 bits per heavy atom. The number of benzene rings is 3. The number of fused-ring (bicyclic) bond motifs is 1. The van der Waals surface area contributed by atoms with E-state index in [1.807, 2.05) is 30.3 Å². The molecule has 4 aliphatic rings. The number of carbonyl (C=O) groups excluding carboxylic acids is 2. The Morgan fingerprint density at radius 3 is 2.09 bits per heavy atom. The lowest BCUT2D eigenvalue weighted by Crippen LogP contribution is -2.64. The molecule has 2 saturated heterocycles. The van der Waals surface area contributed by atoms with Crippen molar-refractivity contribution in [2.75, 3.05) is 13.6 Å². The molecule has 1 aliphatic carbocycles. The van der Waals surface area contributed by atoms with E-state index in [0.29, 0.717) is 0 Å². The van der Waals surface area contributed by atoms with Crippen LogP contribution in [0, 0.1) is 17.8 Å². The molecule has 2 fully saturated rings. The van der Waals surface area contributed by atoms with Gasteiger partial charge in [-0.1, -0.05) is 103 Å². The number of likely N-dealkylation sites (tertiary alicyclic amines) is 1. The van der Waals surface area contributed by atoms with Crippen molar-refractivity contribution in [3.8, 4) is 0 Å². The third-order valence-corrected chi connectivity index (χ3v) is 8.07. The van der Waals surface area contributed by atoms with Gasteiger partial charge in [0.1, 0.15) is 0 Å². The van der Waals surface area contributed by atoms with E-state index in [0.717, 1.165) is 18.5 Å². The first-order valence-corrected chi connectivity index (χ1v) is 12.0. The van der Waals surface area contributed by atoms with Gasteiger partial charge in [0, 0.05) is 25.6 Å². The molecule has 0 radical (unpaired) electrons. The molecule has 2 bridgehead atoms. The summed E-state index contributed by atoms with van der Waals surface area (Å²) in [4.78, 5) is 30.9. The van der Waals surface area contributed by atoms with Gasteiger partial charge in [-0.15, -0.1) is 0 Å². The summed E-state index contributed by atoms with van der Waals surface area (Å²) in [6.07, 6.45) is 5.31. The molecule has 5 atom stereocenters. The molecule has 170 valence electrons. The monoisotopic (exact) mass is 448 g/mol. The summed E-state index contributed by atoms with van der Waals surface area (Å²) in [5.41, 5.74) is 2.86. The molecule has 3 heterocycles. The van der Waals surface area contributed by atoms with Crippen LogP contribution in [0.4, 0.5) is 0 Å². The van der Waals surface area contributed by atoms with Crippen LogP contribution in [0.3, 0.4) is 0 Å². The normalized spacial score (nSPS) is 30.1. The fraction of sp³-hybridized carbons (Fsp3) is 0.267. The Bertz CT molecular complexity index is 1240. The lowest BCUT2D eigenvalue weighted by atomic mass is 9.57. The molecule has 0 aromatic heterocycles. The first kappa shape index (κ1) is 21.1. The molecule has 3 aromatic rings. The Kier molecular flexibility index (Phi) is 5.00. The van der Waals surface area contributed by atoms with Gasteiger partial charge in [0.25, 0.3) is 0 Å². The highest BCUT2D eigenvalue weighted by atomic mass is 16.2. The van der Waals surface area contributed by atoms with Crippen molar-refractivity contribution in [2.45, 2.75) is 18.0 Å². The van der Waals surface area contributed by atoms with E-state index in [4.69, 9.17) is 0 Å². The topological polar surface area (TPSA) is 40.6 Å². The number of hydrogen-bond acceptors (Lipinski definition) is 3. The number of piperidine rings is 1. The molecule has 3 aromatic carbocycles. The van der Waals surface area contributed by atoms with E-state index in [2.05, 4.69) is 77.7 Å². The fourth-order valence-corrected chi connectivity index (χ4v) is 6.60. The van der Waals surface area contributed by atoms with Gasteiger partial charge in [0.05, 0.1) is 17.4 Å². The van der Waals surface area contributed by atoms with E-state index < -0.39 is 11.5 Å². The van der Waals surface area contributed by atoms with Crippen LogP contribution in [0.5, 0.6) is 0 Å². The van der Waals surface area contributed by atoms with E-state index in [1.54, 1.807) is 7.05 Å². The zero-order valence-electron chi connectivity index (χ0n) is 19.2. The van der Waals surface area contributed by atoms with Crippen molar-refractivity contribution in [3.63, 3.8) is 0 Å². The standard InChI is InChI=1S/C30H28N2O2/c1-31-28(33)25-24-17-19-30(26(25)29(31)34,23-15-9-4-10-16-23)32(20-18-21-11-5-2-6-12-21)27(24)22-13-7-3-8-14-22/h2-17,19,24-27H,18,20H2,1H3/t24?,25-,26+,27?,30?/m1/s1. The average Bonchev–Trinajstić information content (AvgIpc) is 3.14. The Morgan fingerprint density at radius 1 is 0.794 bits per heavy atom. The van der Waals surface area contributed by atoms with Gasteiger partial charge in [0.15, 0.2) is 0 Å². The lowest BCUT2D eigenvalue weighted by Gasteiger charge is -2.60. The van der Waals surface area contributed by atoms with Crippen LogP contribution in [0.2, 0.25) is 0 Å². The largest absolute Gasteiger partial charge is 0.285 e. The summed E-state index contributed by atoms with van der Waals surface area (Å²) in [7, 11) is 1.65. The molecule has 0 spiro atoms. The Labute approximate surface area is 200 Å². The first-order chi connectivity index (χ1) is 16.6. The van der Waals surface area contributed by atoms with E-state index >= 15 is 0 Å². The molecule has 0 N–H and O–H groups in total. The van der Waals surface area contributed by atoms with Gasteiger partial charge in [-0.2, -0.15) is 0 Å². The Balaban J connectivity index is 1.55. The summed E-state index contributed by atoms with van der Waals surface area (Å²) in [6, 6.07) is 31.3. The number of hydrogen-bond donors (Lipinski definition) is 0. The highest BCUT2D eigenvalue weighted by Gasteiger charge is 2.67. The second-order valence-corrected chi connectivity index (χ2v) is 9.65. The van der Waals surface area contributed by atoms with Crippen LogP contribution >= 0.6 is 0 Å². The van der Waals surface area contributed by atoms with Gasteiger partial charge in [0.2, 0.25) is 11.8 Å². The smallest absolute Gasteiger partial charge is 0.235 e. The van der Waals surface area contributed by atoms with Gasteiger partial charge in [-0.25, -0.2) is 0 Å². The number of rotatable bonds is 5. The third-order valence-electron chi connectivity index (χ3n) is 8.07. The molecule has 3 unspecified atom stereocenters. The van der Waals surface area contributed by atoms with Crippen LogP contribution in [-0.2, 0) is 21.5 Å². The van der Waals surface area contributed by atoms with Crippen molar-refractivity contribution >= 4 is 11.8 Å². The van der Waals surface area contributed by atoms with Gasteiger partial charge in [-0.3, -0.25) is 19.4 Å². The molecule has 0 saturated carbocycles. The quantitative estimate of drug-likeness (QED) is 0.423. The van der Waals surface area contributed by atoms with E-state index in [1.165, 1.54) is 16.0 Å². The van der Waals surface area contributed by atoms with Crippen molar-refractivity contribution in [1.82, 2.24) is 9.80 Å². The first-order valence-electron chi connectivity index (χ1n) is 12.0. The van der Waals surface area contributed by atoms with Gasteiger partial charge >= 0.3 is 0 Å². The average molecular weight is 449 g/mol. The molecule has 7 rings (SSSR count). The van der Waals surface area contributed by atoms with Crippen molar-refractivity contribution in [1.29, 1.82) is 0 Å². The minimum Gasteiger partial charge on any atom is -0.285 e. The predicted octanol–water partition coefficient (Wildman–Crippen LogP) is 4.60. The number of nitrogens with zero attached hydrogens (tertiary/aromatic N) is 2. The minimum absolute atomic E-state index is 0.0135. The van der Waals surface area contributed by atoms with Crippen LogP contribution in [0.25, 0.3) is 0 Å². The van der Waals surface area contributed by atoms with Gasteiger partial charge < -0.3 is 0 Å². The molecule has 34 heavy (non-hydrogen) atoms. The summed E-state index contributed by atoms with van der Waals surface area (Å²) in [5.74, 6) is -0.924. The molecular weight excluding hydrogens is 420 g/mol. The van der Waals surface area contributed by atoms with E-state index in [-0.39, 0.29) is 29.7 Å². The van der Waals surface area contributed by atoms with Gasteiger partial charge in [-0.05, 0) is 23.1 Å². The van der Waals surface area contributed by atoms with Crippen LogP contribution < -0.4 is 0 Å². The Hall–Kier alpha value is -3.50. The number of imide groups is 1. The number of carbonyl (C=O) groups is 2. The summed E-state index contributed by atoms with van der Waals surface area (Å²) >= 11 is 0. The van der Waals surface area contributed by atoms with Crippen LogP contribution in [0.15, 0.2) is 103 Å². The lowest BCUT2D eigenvalue weighted by molar-refractivity contribution is -0.142. The van der Waals surface area contributed by atoms with Crippen LogP contribution in [0.1, 0.15) is 22.7 Å². The molecule has 3 aliphatic heterocycles. The molecular formula is C30H28N2O2. The SMILES string of the molecule is CN1C(=O)[C@@H]2C3C=CC(c4ccccc4)([C@@H]2C1=O)N(CCc1ccccc1)C3c1ccccc1. The highest BCUT2D eigenvalue weighted by Crippen LogP contribution is 2.61. The van der Waals surface area contributed by atoms with Crippen LogP contribution in [-0.4, -0.2) is 35.2 Å². The zero-order valence-corrected chi connectivity index (χ0v) is 19.2. The fourth-order valence-electron chi connectivity index (χ4n) is 6.60. The van der Waals surface area contributed by atoms with Crippen molar-refractivity contribution < 1.29 is 9.59 Å². The maximum absolute atomic E-state index is 13.6. The maximum Gasteiger partial charge on any atom is 0.235 e.